The van der Waals surface area contributed by atoms with Crippen molar-refractivity contribution in [3.05, 3.63) is 58.9 Å². The fourth-order valence-electron chi connectivity index (χ4n) is 3.88. The second-order valence-electron chi connectivity index (χ2n) is 7.64. The van der Waals surface area contributed by atoms with Gasteiger partial charge in [-0.05, 0) is 35.9 Å². The Morgan fingerprint density at radius 3 is 2.97 bits per heavy atom. The molecule has 5 rings (SSSR count). The predicted octanol–water partition coefficient (Wildman–Crippen LogP) is 4.38. The number of aryl methyl sites for hydroxylation is 1. The maximum absolute atomic E-state index is 12.4. The van der Waals surface area contributed by atoms with E-state index in [1.165, 1.54) is 0 Å². The number of carbonyl (C=O) groups excluding carboxylic acids is 1. The highest BCUT2D eigenvalue weighted by atomic mass is 35.5. The summed E-state index contributed by atoms with van der Waals surface area (Å²) in [6.45, 7) is 2.11. The minimum atomic E-state index is -0.578. The number of rotatable bonds is 5. The number of anilines is 1. The first-order chi connectivity index (χ1) is 16.0. The number of amides is 1. The Hall–Kier alpha value is -3.56. The van der Waals surface area contributed by atoms with Gasteiger partial charge in [-0.2, -0.15) is 5.10 Å². The molecule has 33 heavy (non-hydrogen) atoms. The molecule has 10 heteroatoms. The van der Waals surface area contributed by atoms with E-state index in [1.54, 1.807) is 37.0 Å². The maximum atomic E-state index is 12.4. The lowest BCUT2D eigenvalue weighted by Crippen LogP contribution is -2.16. The summed E-state index contributed by atoms with van der Waals surface area (Å²) in [6, 6.07) is 12.9. The van der Waals surface area contributed by atoms with Gasteiger partial charge >= 0.3 is 6.09 Å². The molecule has 0 unspecified atom stereocenters. The van der Waals surface area contributed by atoms with Gasteiger partial charge in [-0.1, -0.05) is 17.7 Å². The summed E-state index contributed by atoms with van der Waals surface area (Å²) in [6.07, 6.45) is -0.578. The summed E-state index contributed by atoms with van der Waals surface area (Å²) < 4.78 is 20.0. The van der Waals surface area contributed by atoms with Crippen LogP contribution in [-0.2, 0) is 36.3 Å². The number of hydrogen-bond donors (Lipinski definition) is 1. The van der Waals surface area contributed by atoms with E-state index in [0.717, 1.165) is 34.5 Å². The molecular weight excluding hydrogens is 446 g/mol. The highest BCUT2D eigenvalue weighted by Gasteiger charge is 2.17. The zero-order valence-electron chi connectivity index (χ0n) is 18.2. The normalized spacial score (nSPS) is 13.1. The zero-order valence-corrected chi connectivity index (χ0v) is 18.9. The second-order valence-corrected chi connectivity index (χ2v) is 8.08. The Morgan fingerprint density at radius 2 is 2.12 bits per heavy atom. The number of carbonyl (C=O) groups is 1. The van der Waals surface area contributed by atoms with Crippen LogP contribution < -0.4 is 10.1 Å². The average molecular weight is 468 g/mol. The van der Waals surface area contributed by atoms with Gasteiger partial charge in [0.25, 0.3) is 0 Å². The molecule has 0 aliphatic carbocycles. The van der Waals surface area contributed by atoms with Gasteiger partial charge in [-0.25, -0.2) is 9.78 Å². The summed E-state index contributed by atoms with van der Waals surface area (Å²) in [4.78, 5) is 17.0. The summed E-state index contributed by atoms with van der Waals surface area (Å²) in [5.41, 5.74) is 4.18. The Bertz CT molecular complexity index is 1350. The predicted molar refractivity (Wildman–Crippen MR) is 123 cm³/mol. The van der Waals surface area contributed by atoms with Crippen LogP contribution >= 0.6 is 11.6 Å². The van der Waals surface area contributed by atoms with E-state index < -0.39 is 6.09 Å². The van der Waals surface area contributed by atoms with Crippen LogP contribution in [0, 0.1) is 0 Å². The van der Waals surface area contributed by atoms with Crippen molar-refractivity contribution in [3.8, 4) is 17.0 Å². The third kappa shape index (κ3) is 4.24. The molecule has 1 aliphatic heterocycles. The van der Waals surface area contributed by atoms with Crippen molar-refractivity contribution >= 4 is 34.5 Å². The molecule has 4 aromatic rings. The molecule has 0 saturated carbocycles. The molecule has 1 aliphatic rings. The molecule has 0 radical (unpaired) electrons. The van der Waals surface area contributed by atoms with Gasteiger partial charge in [-0.3, -0.25) is 10.00 Å². The lowest BCUT2D eigenvalue weighted by molar-refractivity contribution is 0.0830. The van der Waals surface area contributed by atoms with Crippen molar-refractivity contribution in [2.45, 2.75) is 19.8 Å². The first-order valence-electron chi connectivity index (χ1n) is 10.4. The number of benzene rings is 2. The molecule has 1 N–H and O–H groups in total. The van der Waals surface area contributed by atoms with Gasteiger partial charge in [0.1, 0.15) is 30.6 Å². The van der Waals surface area contributed by atoms with Crippen LogP contribution in [0.2, 0.25) is 5.02 Å². The smallest absolute Gasteiger partial charge is 0.413 e. The van der Waals surface area contributed by atoms with E-state index in [1.807, 2.05) is 24.3 Å². The van der Waals surface area contributed by atoms with Crippen molar-refractivity contribution in [1.82, 2.24) is 19.3 Å². The van der Waals surface area contributed by atoms with Gasteiger partial charge in [0, 0.05) is 30.2 Å². The van der Waals surface area contributed by atoms with Crippen LogP contribution in [0.3, 0.4) is 0 Å². The Kier molecular flexibility index (Phi) is 5.65. The van der Waals surface area contributed by atoms with Crippen LogP contribution in [0.25, 0.3) is 22.3 Å². The molecule has 0 fully saturated rings. The number of imidazole rings is 1. The highest BCUT2D eigenvalue weighted by Crippen LogP contribution is 2.32. The zero-order chi connectivity index (χ0) is 22.9. The van der Waals surface area contributed by atoms with Crippen LogP contribution in [0.5, 0.6) is 5.75 Å². The van der Waals surface area contributed by atoms with E-state index in [0.29, 0.717) is 35.5 Å². The molecule has 0 bridgehead atoms. The molecular formula is C23H22ClN5O4. The summed E-state index contributed by atoms with van der Waals surface area (Å²) in [7, 11) is 3.30. The number of fused-ring (bicyclic) bond motifs is 3. The lowest BCUT2D eigenvalue weighted by atomic mass is 10.1. The fraction of sp³-hybridized carbons (Fsp3) is 0.261. The SMILES string of the molecule is COc1cc(Cl)ccc1-c1cc(NC(=O)OCc2ccc3c(c2)nc2n3CCOC2)n(C)n1. The monoisotopic (exact) mass is 467 g/mol. The van der Waals surface area contributed by atoms with Gasteiger partial charge in [0.05, 0.1) is 30.4 Å². The quantitative estimate of drug-likeness (QED) is 0.468. The third-order valence-electron chi connectivity index (χ3n) is 5.50. The third-order valence-corrected chi connectivity index (χ3v) is 5.74. The van der Waals surface area contributed by atoms with Gasteiger partial charge in [0.2, 0.25) is 0 Å². The second kappa shape index (κ2) is 8.76. The summed E-state index contributed by atoms with van der Waals surface area (Å²) in [5, 5.41) is 7.76. The number of methoxy groups -OCH3 is 1. The first-order valence-corrected chi connectivity index (χ1v) is 10.8. The number of nitrogens with zero attached hydrogens (tertiary/aromatic N) is 4. The Labute approximate surface area is 194 Å². The Morgan fingerprint density at radius 1 is 1.24 bits per heavy atom. The van der Waals surface area contributed by atoms with Crippen LogP contribution in [0.15, 0.2) is 42.5 Å². The minimum Gasteiger partial charge on any atom is -0.496 e. The molecule has 2 aromatic heterocycles. The van der Waals surface area contributed by atoms with Gasteiger partial charge in [0.15, 0.2) is 0 Å². The molecule has 1 amide bonds. The standard InChI is InChI=1S/C23H22ClN5O4/c1-28-21(11-17(27-28)16-5-4-15(24)10-20(16)31-2)26-23(30)33-12-14-3-6-19-18(9-14)25-22-13-32-8-7-29(19)22/h3-6,9-11H,7-8,12-13H2,1-2H3,(H,26,30). The van der Waals surface area contributed by atoms with E-state index in [9.17, 15) is 4.79 Å². The van der Waals surface area contributed by atoms with Crippen molar-refractivity contribution in [2.75, 3.05) is 19.0 Å². The largest absolute Gasteiger partial charge is 0.496 e. The lowest BCUT2D eigenvalue weighted by Gasteiger charge is -2.14. The van der Waals surface area contributed by atoms with Crippen molar-refractivity contribution < 1.29 is 19.0 Å². The van der Waals surface area contributed by atoms with E-state index >= 15 is 0 Å². The van der Waals surface area contributed by atoms with Crippen LogP contribution in [0.1, 0.15) is 11.4 Å². The number of aromatic nitrogens is 4. The van der Waals surface area contributed by atoms with Gasteiger partial charge in [-0.15, -0.1) is 0 Å². The van der Waals surface area contributed by atoms with E-state index in [4.69, 9.17) is 25.8 Å². The summed E-state index contributed by atoms with van der Waals surface area (Å²) in [5.74, 6) is 2.00. The van der Waals surface area contributed by atoms with Crippen LogP contribution in [0.4, 0.5) is 10.6 Å². The molecule has 170 valence electrons. The van der Waals surface area contributed by atoms with Crippen molar-refractivity contribution in [2.24, 2.45) is 7.05 Å². The highest BCUT2D eigenvalue weighted by molar-refractivity contribution is 6.30. The molecule has 3 heterocycles. The van der Waals surface area contributed by atoms with Crippen molar-refractivity contribution in [1.29, 1.82) is 0 Å². The maximum Gasteiger partial charge on any atom is 0.413 e. The number of ether oxygens (including phenoxy) is 3. The summed E-state index contributed by atoms with van der Waals surface area (Å²) >= 11 is 6.04. The van der Waals surface area contributed by atoms with Crippen molar-refractivity contribution in [3.63, 3.8) is 0 Å². The molecule has 0 spiro atoms. The minimum absolute atomic E-state index is 0.121. The van der Waals surface area contributed by atoms with Gasteiger partial charge < -0.3 is 18.8 Å². The number of nitrogens with one attached hydrogen (secondary N) is 1. The molecule has 2 aromatic carbocycles. The number of halogens is 1. The number of hydrogen-bond acceptors (Lipinski definition) is 6. The molecule has 0 saturated heterocycles. The molecule has 0 atom stereocenters. The Balaban J connectivity index is 1.26. The van der Waals surface area contributed by atoms with E-state index in [2.05, 4.69) is 20.0 Å². The first kappa shape index (κ1) is 21.3. The van der Waals surface area contributed by atoms with E-state index in [-0.39, 0.29) is 6.61 Å². The molecule has 9 nitrogen and oxygen atoms in total. The van der Waals surface area contributed by atoms with Crippen LogP contribution in [-0.4, -0.2) is 39.1 Å². The average Bonchev–Trinajstić information content (AvgIpc) is 3.37. The topological polar surface area (TPSA) is 92.4 Å². The fourth-order valence-corrected chi connectivity index (χ4v) is 4.04.